The molecule has 0 saturated carbocycles. The smallest absolute Gasteiger partial charge is 0.332 e. The van der Waals surface area contributed by atoms with E-state index in [1.807, 2.05) is 0 Å². The Hall–Kier alpha value is -5.65. The number of aryl methyl sites for hydroxylation is 1. The number of aromatic nitrogens is 3. The minimum absolute atomic E-state index is 0. The van der Waals surface area contributed by atoms with Crippen LogP contribution >= 0.6 is 36.2 Å². The maximum absolute atomic E-state index is 13.1. The molecule has 5 rings (SSSR count). The molecule has 0 bridgehead atoms. The normalized spacial score (nSPS) is 10.4. The van der Waals surface area contributed by atoms with E-state index >= 15 is 0 Å². The van der Waals surface area contributed by atoms with Gasteiger partial charge < -0.3 is 25.8 Å². The first-order chi connectivity index (χ1) is 22.3. The van der Waals surface area contributed by atoms with Gasteiger partial charge in [-0.3, -0.25) is 39.1 Å². The molecule has 5 aromatic rings. The predicted molar refractivity (Wildman–Crippen MR) is 192 cm³/mol. The van der Waals surface area contributed by atoms with E-state index in [0.717, 1.165) is 11.3 Å². The Morgan fingerprint density at radius 2 is 1.61 bits per heavy atom. The standard InChI is InChI=1S/C30H30N10O6S.2ClH/c1-35(10-9-26(31)32)29(43)39-12-8-20(17-39)37(3)30(44)38-11-7-18(16-38)33-27(41)23-13-19(15-36(23)2)34-28(42)25-14-21-22(40(45)46)5-4-6-24(21)47-25;;/h4-8,11-17H,9-10H2,1-3H3,(H3,31,32)(H,33,41)(H,34,42);2*1H. The van der Waals surface area contributed by atoms with Crippen molar-refractivity contribution in [3.8, 4) is 0 Å². The van der Waals surface area contributed by atoms with Gasteiger partial charge in [0, 0.05) is 75.9 Å². The molecule has 0 fully saturated rings. The molecule has 258 valence electrons. The number of amides is 4. The third-order valence-electron chi connectivity index (χ3n) is 7.24. The third kappa shape index (κ3) is 8.26. The molecule has 4 heterocycles. The molecular formula is C30H32Cl2N10O6S. The Bertz CT molecular complexity index is 2070. The monoisotopic (exact) mass is 730 g/mol. The molecule has 49 heavy (non-hydrogen) atoms. The summed E-state index contributed by atoms with van der Waals surface area (Å²) in [7, 11) is 4.77. The van der Waals surface area contributed by atoms with E-state index in [9.17, 15) is 29.3 Å². The molecule has 0 radical (unpaired) electrons. The number of anilines is 3. The molecule has 16 nitrogen and oxygen atoms in total. The third-order valence-corrected chi connectivity index (χ3v) is 8.34. The first-order valence-corrected chi connectivity index (χ1v) is 14.8. The van der Waals surface area contributed by atoms with E-state index in [-0.39, 0.29) is 65.9 Å². The largest absolute Gasteiger partial charge is 0.388 e. The van der Waals surface area contributed by atoms with Gasteiger partial charge in [0.05, 0.1) is 38.1 Å². The van der Waals surface area contributed by atoms with Gasteiger partial charge in [0.1, 0.15) is 5.69 Å². The lowest BCUT2D eigenvalue weighted by molar-refractivity contribution is -0.383. The van der Waals surface area contributed by atoms with Crippen LogP contribution in [0.5, 0.6) is 0 Å². The molecule has 0 aliphatic rings. The summed E-state index contributed by atoms with van der Waals surface area (Å²) in [5.74, 6) is -0.991. The van der Waals surface area contributed by atoms with Crippen LogP contribution in [0.25, 0.3) is 10.1 Å². The number of amidine groups is 1. The number of fused-ring (bicyclic) bond motifs is 1. The van der Waals surface area contributed by atoms with Crippen LogP contribution in [0.1, 0.15) is 26.6 Å². The van der Waals surface area contributed by atoms with Crippen molar-refractivity contribution in [2.24, 2.45) is 12.8 Å². The van der Waals surface area contributed by atoms with Gasteiger partial charge >= 0.3 is 12.1 Å². The number of hydrogen-bond donors (Lipinski definition) is 4. The number of halogens is 2. The lowest BCUT2D eigenvalue weighted by Gasteiger charge is -2.18. The number of nitro benzene ring substituents is 1. The Morgan fingerprint density at radius 3 is 2.31 bits per heavy atom. The molecule has 4 aromatic heterocycles. The van der Waals surface area contributed by atoms with Crippen molar-refractivity contribution in [2.45, 2.75) is 6.42 Å². The fraction of sp³-hybridized carbons (Fsp3) is 0.167. The topological polar surface area (TPSA) is 207 Å². The number of nitrogens with two attached hydrogens (primary N) is 1. The van der Waals surface area contributed by atoms with Crippen molar-refractivity contribution in [3.05, 3.63) is 94.1 Å². The first kappa shape index (κ1) is 37.8. The number of thiophene rings is 1. The summed E-state index contributed by atoms with van der Waals surface area (Å²) >= 11 is 1.12. The summed E-state index contributed by atoms with van der Waals surface area (Å²) in [4.78, 5) is 65.7. The molecule has 0 aliphatic heterocycles. The van der Waals surface area contributed by atoms with Crippen LogP contribution in [0.2, 0.25) is 0 Å². The van der Waals surface area contributed by atoms with Crippen LogP contribution in [-0.2, 0) is 7.05 Å². The summed E-state index contributed by atoms with van der Waals surface area (Å²) in [5.41, 5.74) is 6.65. The van der Waals surface area contributed by atoms with E-state index in [1.165, 1.54) is 66.5 Å². The number of carbonyl (C=O) groups is 4. The van der Waals surface area contributed by atoms with Gasteiger partial charge in [0.25, 0.3) is 17.5 Å². The minimum Gasteiger partial charge on any atom is -0.388 e. The zero-order valence-corrected chi connectivity index (χ0v) is 28.7. The highest BCUT2D eigenvalue weighted by Crippen LogP contribution is 2.33. The number of nitrogens with zero attached hydrogens (tertiary/aromatic N) is 6. The number of carbonyl (C=O) groups excluding carboxylic acids is 4. The van der Waals surface area contributed by atoms with Crippen LogP contribution in [0.15, 0.2) is 73.4 Å². The van der Waals surface area contributed by atoms with E-state index < -0.39 is 22.8 Å². The van der Waals surface area contributed by atoms with Crippen LogP contribution in [0, 0.1) is 15.5 Å². The highest BCUT2D eigenvalue weighted by atomic mass is 35.5. The highest BCUT2D eigenvalue weighted by Gasteiger charge is 2.21. The average Bonchev–Trinajstić information content (AvgIpc) is 3.84. The second kappa shape index (κ2) is 15.5. The number of benzene rings is 1. The zero-order chi connectivity index (χ0) is 34.0. The van der Waals surface area contributed by atoms with Crippen molar-refractivity contribution in [3.63, 3.8) is 0 Å². The number of nitro groups is 1. The quantitative estimate of drug-likeness (QED) is 0.0669. The van der Waals surface area contributed by atoms with E-state index in [1.54, 1.807) is 51.6 Å². The van der Waals surface area contributed by atoms with Crippen LogP contribution < -0.4 is 21.3 Å². The number of nitrogens with one attached hydrogen (secondary N) is 3. The van der Waals surface area contributed by atoms with Crippen molar-refractivity contribution in [1.29, 1.82) is 5.41 Å². The summed E-state index contributed by atoms with van der Waals surface area (Å²) < 4.78 is 4.74. The van der Waals surface area contributed by atoms with E-state index in [4.69, 9.17) is 11.1 Å². The molecule has 5 N–H and O–H groups in total. The Balaban J connectivity index is 0.00000325. The van der Waals surface area contributed by atoms with E-state index in [0.29, 0.717) is 27.1 Å². The van der Waals surface area contributed by atoms with Crippen LogP contribution in [0.4, 0.5) is 32.3 Å². The molecule has 0 aliphatic carbocycles. The molecule has 0 spiro atoms. The molecular weight excluding hydrogens is 699 g/mol. The van der Waals surface area contributed by atoms with Gasteiger partial charge in [0.2, 0.25) is 0 Å². The molecule has 4 amide bonds. The summed E-state index contributed by atoms with van der Waals surface area (Å²) in [6.45, 7) is 0.272. The van der Waals surface area contributed by atoms with Gasteiger partial charge in [-0.25, -0.2) is 9.59 Å². The fourth-order valence-corrected chi connectivity index (χ4v) is 5.70. The first-order valence-electron chi connectivity index (χ1n) is 14.0. The summed E-state index contributed by atoms with van der Waals surface area (Å²) in [6, 6.07) is 9.96. The molecule has 0 unspecified atom stereocenters. The lowest BCUT2D eigenvalue weighted by atomic mass is 10.2. The zero-order valence-electron chi connectivity index (χ0n) is 26.3. The van der Waals surface area contributed by atoms with E-state index in [2.05, 4.69) is 10.6 Å². The molecule has 0 atom stereocenters. The number of hydrogen-bond acceptors (Lipinski definition) is 8. The second-order valence-corrected chi connectivity index (χ2v) is 11.7. The van der Waals surface area contributed by atoms with Gasteiger partial charge in [0.15, 0.2) is 0 Å². The minimum atomic E-state index is -0.496. The predicted octanol–water partition coefficient (Wildman–Crippen LogP) is 5.43. The van der Waals surface area contributed by atoms with Crippen molar-refractivity contribution >= 4 is 98.7 Å². The van der Waals surface area contributed by atoms with Crippen molar-refractivity contribution in [2.75, 3.05) is 36.2 Å². The Morgan fingerprint density at radius 1 is 0.939 bits per heavy atom. The number of rotatable bonds is 9. The van der Waals surface area contributed by atoms with Gasteiger partial charge in [-0.2, -0.15) is 0 Å². The van der Waals surface area contributed by atoms with Crippen LogP contribution in [-0.4, -0.2) is 73.9 Å². The van der Waals surface area contributed by atoms with Crippen molar-refractivity contribution in [1.82, 2.24) is 18.6 Å². The molecule has 19 heteroatoms. The second-order valence-electron chi connectivity index (χ2n) is 10.6. The van der Waals surface area contributed by atoms with Gasteiger partial charge in [-0.05, 0) is 30.3 Å². The Labute approximate surface area is 295 Å². The Kier molecular flexibility index (Phi) is 12.0. The maximum atomic E-state index is 13.1. The fourth-order valence-electron chi connectivity index (χ4n) is 4.72. The number of non-ortho nitro benzene ring substituents is 1. The SMILES string of the molecule is CN(CCC(=N)N)C(=O)n1ccc(N(C)C(=O)n2ccc(NC(=O)c3cc(NC(=O)c4cc5c([N+](=O)[O-])cccc5s4)cn3C)c2)c1.Cl.Cl. The molecule has 0 saturated heterocycles. The summed E-state index contributed by atoms with van der Waals surface area (Å²) in [5, 5.41) is 24.5. The van der Waals surface area contributed by atoms with Crippen LogP contribution in [0.3, 0.4) is 0 Å². The molecule has 1 aromatic carbocycles. The summed E-state index contributed by atoms with van der Waals surface area (Å²) in [6.07, 6.45) is 7.76. The van der Waals surface area contributed by atoms with Gasteiger partial charge in [-0.15, -0.1) is 36.2 Å². The maximum Gasteiger partial charge on any atom is 0.332 e. The van der Waals surface area contributed by atoms with Gasteiger partial charge in [-0.1, -0.05) is 6.07 Å². The van der Waals surface area contributed by atoms with Crippen molar-refractivity contribution < 1.29 is 24.1 Å². The highest BCUT2D eigenvalue weighted by molar-refractivity contribution is 7.21. The lowest BCUT2D eigenvalue weighted by Crippen LogP contribution is -2.33. The average molecular weight is 732 g/mol.